The van der Waals surface area contributed by atoms with Gasteiger partial charge in [-0.25, -0.2) is 4.79 Å². The molecule has 0 saturated carbocycles. The van der Waals surface area contributed by atoms with Crippen LogP contribution in [0.15, 0.2) is 11.6 Å². The lowest BCUT2D eigenvalue weighted by Crippen LogP contribution is -2.23. The Balaban J connectivity index is 4.19. The zero-order chi connectivity index (χ0) is 11.9. The molecule has 0 spiro atoms. The van der Waals surface area contributed by atoms with E-state index in [4.69, 9.17) is 4.74 Å². The molecule has 0 aromatic rings. The lowest BCUT2D eigenvalue weighted by atomic mass is 10.1. The van der Waals surface area contributed by atoms with Gasteiger partial charge >= 0.3 is 5.97 Å². The summed E-state index contributed by atoms with van der Waals surface area (Å²) in [6.45, 7) is 8.52. The molecule has 0 aromatic heterocycles. The fraction of sp³-hybridized carbons (Fsp3) is 0.750. The highest BCUT2D eigenvalue weighted by Gasteiger charge is 2.14. The van der Waals surface area contributed by atoms with Crippen molar-refractivity contribution < 1.29 is 14.3 Å². The fourth-order valence-electron chi connectivity index (χ4n) is 0.973. The van der Waals surface area contributed by atoms with Crippen molar-refractivity contribution in [2.75, 3.05) is 13.7 Å². The molecule has 0 atom stereocenters. The molecule has 0 aliphatic heterocycles. The van der Waals surface area contributed by atoms with Gasteiger partial charge in [-0.2, -0.15) is 0 Å². The maximum absolute atomic E-state index is 11.2. The van der Waals surface area contributed by atoms with Crippen LogP contribution in [0.3, 0.4) is 0 Å². The Labute approximate surface area is 92.5 Å². The van der Waals surface area contributed by atoms with E-state index in [2.05, 4.69) is 11.7 Å². The highest BCUT2D eigenvalue weighted by Crippen LogP contribution is 2.14. The van der Waals surface area contributed by atoms with Gasteiger partial charge in [-0.05, 0) is 32.8 Å². The number of hydrogen-bond acceptors (Lipinski definition) is 3. The standard InChI is InChI=1S/C12H22O3/c1-6-10(11(13)14-5)8-9-15-12(3,4)7-2/h8H,6-7,9H2,1-5H3. The van der Waals surface area contributed by atoms with Gasteiger partial charge in [0.05, 0.1) is 19.3 Å². The quantitative estimate of drug-likeness (QED) is 0.503. The van der Waals surface area contributed by atoms with Crippen LogP contribution in [0.2, 0.25) is 0 Å². The predicted octanol–water partition coefficient (Wildman–Crippen LogP) is 2.70. The first-order valence-electron chi connectivity index (χ1n) is 5.38. The largest absolute Gasteiger partial charge is 0.466 e. The van der Waals surface area contributed by atoms with Crippen LogP contribution in [-0.4, -0.2) is 25.3 Å². The minimum atomic E-state index is -0.268. The number of esters is 1. The van der Waals surface area contributed by atoms with E-state index in [9.17, 15) is 4.79 Å². The Bertz CT molecular complexity index is 229. The van der Waals surface area contributed by atoms with Crippen LogP contribution in [0.4, 0.5) is 0 Å². The average molecular weight is 214 g/mol. The number of hydrogen-bond donors (Lipinski definition) is 0. The van der Waals surface area contributed by atoms with E-state index in [1.54, 1.807) is 6.08 Å². The maximum Gasteiger partial charge on any atom is 0.333 e. The van der Waals surface area contributed by atoms with Crippen molar-refractivity contribution in [2.45, 2.75) is 46.1 Å². The maximum atomic E-state index is 11.2. The first-order chi connectivity index (χ1) is 6.96. The Kier molecular flexibility index (Phi) is 6.25. The zero-order valence-corrected chi connectivity index (χ0v) is 10.4. The van der Waals surface area contributed by atoms with Gasteiger partial charge < -0.3 is 9.47 Å². The highest BCUT2D eigenvalue weighted by molar-refractivity contribution is 5.88. The van der Waals surface area contributed by atoms with Crippen molar-refractivity contribution in [1.29, 1.82) is 0 Å². The van der Waals surface area contributed by atoms with E-state index in [1.807, 2.05) is 20.8 Å². The van der Waals surface area contributed by atoms with Crippen LogP contribution < -0.4 is 0 Å². The number of carbonyl (C=O) groups is 1. The first kappa shape index (κ1) is 14.2. The van der Waals surface area contributed by atoms with Gasteiger partial charge in [-0.1, -0.05) is 13.8 Å². The summed E-state index contributed by atoms with van der Waals surface area (Å²) in [5.74, 6) is -0.268. The van der Waals surface area contributed by atoms with Gasteiger partial charge in [0, 0.05) is 5.57 Å². The van der Waals surface area contributed by atoms with Gasteiger partial charge in [0.1, 0.15) is 0 Å². The smallest absolute Gasteiger partial charge is 0.333 e. The lowest BCUT2D eigenvalue weighted by Gasteiger charge is -2.22. The highest BCUT2D eigenvalue weighted by atomic mass is 16.5. The van der Waals surface area contributed by atoms with Crippen LogP contribution in [0.25, 0.3) is 0 Å². The minimum absolute atomic E-state index is 0.133. The van der Waals surface area contributed by atoms with E-state index in [1.165, 1.54) is 7.11 Å². The average Bonchev–Trinajstić information content (AvgIpc) is 2.23. The third-order valence-corrected chi connectivity index (χ3v) is 2.48. The monoisotopic (exact) mass is 214 g/mol. The van der Waals surface area contributed by atoms with Crippen LogP contribution in [0.1, 0.15) is 40.5 Å². The minimum Gasteiger partial charge on any atom is -0.466 e. The third-order valence-electron chi connectivity index (χ3n) is 2.48. The van der Waals surface area contributed by atoms with Crippen molar-refractivity contribution in [3.05, 3.63) is 11.6 Å². The zero-order valence-electron chi connectivity index (χ0n) is 10.4. The molecular weight excluding hydrogens is 192 g/mol. The first-order valence-corrected chi connectivity index (χ1v) is 5.38. The molecular formula is C12H22O3. The lowest BCUT2D eigenvalue weighted by molar-refractivity contribution is -0.136. The molecule has 0 heterocycles. The van der Waals surface area contributed by atoms with E-state index in [0.29, 0.717) is 18.6 Å². The van der Waals surface area contributed by atoms with Crippen LogP contribution in [0, 0.1) is 0 Å². The molecule has 88 valence electrons. The predicted molar refractivity (Wildman–Crippen MR) is 60.7 cm³/mol. The van der Waals surface area contributed by atoms with Gasteiger partial charge in [-0.3, -0.25) is 0 Å². The Morgan fingerprint density at radius 3 is 2.33 bits per heavy atom. The summed E-state index contributed by atoms with van der Waals surface area (Å²) in [4.78, 5) is 11.2. The van der Waals surface area contributed by atoms with E-state index >= 15 is 0 Å². The molecule has 0 aromatic carbocycles. The Morgan fingerprint density at radius 2 is 1.93 bits per heavy atom. The van der Waals surface area contributed by atoms with Crippen molar-refractivity contribution >= 4 is 5.97 Å². The second kappa shape index (κ2) is 6.62. The molecule has 0 N–H and O–H groups in total. The summed E-state index contributed by atoms with van der Waals surface area (Å²) in [6.07, 6.45) is 3.41. The molecule has 0 saturated heterocycles. The molecule has 0 aliphatic rings. The third kappa shape index (κ3) is 5.57. The van der Waals surface area contributed by atoms with Gasteiger partial charge in [0.15, 0.2) is 0 Å². The van der Waals surface area contributed by atoms with Crippen molar-refractivity contribution in [2.24, 2.45) is 0 Å². The topological polar surface area (TPSA) is 35.5 Å². The second-order valence-corrected chi connectivity index (χ2v) is 4.00. The van der Waals surface area contributed by atoms with Crippen LogP contribution in [0.5, 0.6) is 0 Å². The number of rotatable bonds is 6. The number of methoxy groups -OCH3 is 1. The SMILES string of the molecule is CCC(=CCOC(C)(C)CC)C(=O)OC. The summed E-state index contributed by atoms with van der Waals surface area (Å²) < 4.78 is 10.3. The summed E-state index contributed by atoms with van der Waals surface area (Å²) in [5, 5.41) is 0. The van der Waals surface area contributed by atoms with Gasteiger partial charge in [0.25, 0.3) is 0 Å². The van der Waals surface area contributed by atoms with Crippen molar-refractivity contribution in [3.63, 3.8) is 0 Å². The van der Waals surface area contributed by atoms with Crippen molar-refractivity contribution in [1.82, 2.24) is 0 Å². The van der Waals surface area contributed by atoms with Crippen LogP contribution >= 0.6 is 0 Å². The molecule has 0 fully saturated rings. The molecule has 15 heavy (non-hydrogen) atoms. The van der Waals surface area contributed by atoms with E-state index < -0.39 is 0 Å². The molecule has 0 radical (unpaired) electrons. The molecule has 0 amide bonds. The molecule has 0 rings (SSSR count). The molecule has 3 heteroatoms. The van der Waals surface area contributed by atoms with Crippen LogP contribution in [-0.2, 0) is 14.3 Å². The summed E-state index contributed by atoms with van der Waals surface area (Å²) in [6, 6.07) is 0. The van der Waals surface area contributed by atoms with E-state index in [-0.39, 0.29) is 11.6 Å². The van der Waals surface area contributed by atoms with Gasteiger partial charge in [-0.15, -0.1) is 0 Å². The summed E-state index contributed by atoms with van der Waals surface area (Å²) >= 11 is 0. The van der Waals surface area contributed by atoms with E-state index in [0.717, 1.165) is 6.42 Å². The molecule has 0 bridgehead atoms. The Morgan fingerprint density at radius 1 is 1.33 bits per heavy atom. The number of ether oxygens (including phenoxy) is 2. The summed E-state index contributed by atoms with van der Waals surface area (Å²) in [7, 11) is 1.39. The second-order valence-electron chi connectivity index (χ2n) is 4.00. The summed E-state index contributed by atoms with van der Waals surface area (Å²) in [5.41, 5.74) is 0.537. The molecule has 0 unspecified atom stereocenters. The Hall–Kier alpha value is -0.830. The molecule has 0 aliphatic carbocycles. The number of carbonyl (C=O) groups excluding carboxylic acids is 1. The molecule has 3 nitrogen and oxygen atoms in total. The fourth-order valence-corrected chi connectivity index (χ4v) is 0.973. The normalized spacial score (nSPS) is 12.7. The van der Waals surface area contributed by atoms with Crippen molar-refractivity contribution in [3.8, 4) is 0 Å². The van der Waals surface area contributed by atoms with Gasteiger partial charge in [0.2, 0.25) is 0 Å².